The zero-order valence-electron chi connectivity index (χ0n) is 17.0. The Hall–Kier alpha value is -3.93. The first-order valence-corrected chi connectivity index (χ1v) is 9.86. The Bertz CT molecular complexity index is 1280. The average Bonchev–Trinajstić information content (AvgIpc) is 2.77. The monoisotopic (exact) mass is 416 g/mol. The number of halogens is 1. The molecule has 0 atom stereocenters. The number of fused-ring (bicyclic) bond motifs is 1. The molecule has 156 valence electrons. The van der Waals surface area contributed by atoms with Crippen molar-refractivity contribution in [3.63, 3.8) is 0 Å². The fourth-order valence-corrected chi connectivity index (χ4v) is 3.36. The summed E-state index contributed by atoms with van der Waals surface area (Å²) in [6.45, 7) is 2.16. The van der Waals surface area contributed by atoms with Crippen molar-refractivity contribution in [2.75, 3.05) is 5.32 Å². The zero-order valence-corrected chi connectivity index (χ0v) is 17.0. The molecule has 4 aromatic rings. The lowest BCUT2D eigenvalue weighted by molar-refractivity contribution is 0.206. The standard InChI is InChI=1S/C25H21FN2O3/c1-17-11-12-23-20(13-17)24(29)19(16-31-23)15-28(14-18-7-3-2-4-8-18)25(30)27-22-10-6-5-9-21(22)26/h2-13,16H,14-15H2,1H3,(H,27,30). The van der Waals surface area contributed by atoms with Gasteiger partial charge in [0.25, 0.3) is 0 Å². The molecular weight excluding hydrogens is 395 g/mol. The molecule has 3 aromatic carbocycles. The van der Waals surface area contributed by atoms with Crippen molar-refractivity contribution in [1.82, 2.24) is 4.90 Å². The van der Waals surface area contributed by atoms with Crippen LogP contribution in [0.25, 0.3) is 11.0 Å². The van der Waals surface area contributed by atoms with Gasteiger partial charge in [-0.3, -0.25) is 4.79 Å². The third-order valence-electron chi connectivity index (χ3n) is 4.98. The van der Waals surface area contributed by atoms with Gasteiger partial charge < -0.3 is 14.6 Å². The maximum absolute atomic E-state index is 14.0. The molecule has 0 aliphatic rings. The third kappa shape index (κ3) is 4.64. The number of amides is 2. The lowest BCUT2D eigenvalue weighted by Crippen LogP contribution is -2.35. The van der Waals surface area contributed by atoms with Crippen molar-refractivity contribution in [2.24, 2.45) is 0 Å². The van der Waals surface area contributed by atoms with Crippen LogP contribution in [0.3, 0.4) is 0 Å². The van der Waals surface area contributed by atoms with Crippen LogP contribution in [0.15, 0.2) is 88.3 Å². The van der Waals surface area contributed by atoms with Crippen LogP contribution in [-0.4, -0.2) is 10.9 Å². The van der Waals surface area contributed by atoms with E-state index < -0.39 is 11.8 Å². The number of benzene rings is 3. The van der Waals surface area contributed by atoms with E-state index in [1.165, 1.54) is 23.3 Å². The van der Waals surface area contributed by atoms with Gasteiger partial charge in [-0.15, -0.1) is 0 Å². The van der Waals surface area contributed by atoms with Crippen LogP contribution < -0.4 is 10.7 Å². The van der Waals surface area contributed by atoms with E-state index in [4.69, 9.17) is 4.42 Å². The highest BCUT2D eigenvalue weighted by Gasteiger charge is 2.19. The molecule has 2 amide bonds. The van der Waals surface area contributed by atoms with E-state index in [1.807, 2.05) is 43.3 Å². The van der Waals surface area contributed by atoms with Crippen LogP contribution in [-0.2, 0) is 13.1 Å². The van der Waals surface area contributed by atoms with Gasteiger partial charge in [0.15, 0.2) is 5.43 Å². The van der Waals surface area contributed by atoms with Crippen LogP contribution in [0.2, 0.25) is 0 Å². The predicted molar refractivity (Wildman–Crippen MR) is 118 cm³/mol. The first-order valence-electron chi connectivity index (χ1n) is 9.86. The lowest BCUT2D eigenvalue weighted by atomic mass is 10.1. The number of nitrogens with zero attached hydrogens (tertiary/aromatic N) is 1. The number of urea groups is 1. The van der Waals surface area contributed by atoms with Gasteiger partial charge in [0.2, 0.25) is 0 Å². The molecule has 4 rings (SSSR count). The summed E-state index contributed by atoms with van der Waals surface area (Å²) in [7, 11) is 0. The van der Waals surface area contributed by atoms with E-state index in [2.05, 4.69) is 5.32 Å². The molecule has 1 heterocycles. The van der Waals surface area contributed by atoms with Crippen LogP contribution in [0.4, 0.5) is 14.9 Å². The smallest absolute Gasteiger partial charge is 0.322 e. The molecule has 0 spiro atoms. The van der Waals surface area contributed by atoms with Gasteiger partial charge in [-0.25, -0.2) is 9.18 Å². The van der Waals surface area contributed by atoms with Crippen molar-refractivity contribution in [1.29, 1.82) is 0 Å². The summed E-state index contributed by atoms with van der Waals surface area (Å²) in [5, 5.41) is 3.06. The Kier molecular flexibility index (Phi) is 5.80. The van der Waals surface area contributed by atoms with E-state index in [0.29, 0.717) is 16.5 Å². The molecule has 0 bridgehead atoms. The topological polar surface area (TPSA) is 62.6 Å². The molecule has 0 saturated heterocycles. The summed E-state index contributed by atoms with van der Waals surface area (Å²) in [5.74, 6) is -0.531. The van der Waals surface area contributed by atoms with Gasteiger partial charge in [0.1, 0.15) is 11.4 Å². The van der Waals surface area contributed by atoms with E-state index in [-0.39, 0.29) is 24.2 Å². The number of anilines is 1. The molecule has 1 N–H and O–H groups in total. The first-order chi connectivity index (χ1) is 15.0. The molecule has 0 saturated carbocycles. The number of hydrogen-bond donors (Lipinski definition) is 1. The number of para-hydroxylation sites is 1. The van der Waals surface area contributed by atoms with Crippen LogP contribution in [0.5, 0.6) is 0 Å². The Morgan fingerprint density at radius 3 is 2.52 bits per heavy atom. The second-order valence-electron chi connectivity index (χ2n) is 7.34. The Morgan fingerprint density at radius 1 is 1.00 bits per heavy atom. The third-order valence-corrected chi connectivity index (χ3v) is 4.98. The summed E-state index contributed by atoms with van der Waals surface area (Å²) in [5.41, 5.74) is 2.54. The summed E-state index contributed by atoms with van der Waals surface area (Å²) < 4.78 is 19.7. The first kappa shape index (κ1) is 20.3. The summed E-state index contributed by atoms with van der Waals surface area (Å²) in [4.78, 5) is 27.5. The van der Waals surface area contributed by atoms with Crippen molar-refractivity contribution in [3.05, 3.63) is 112 Å². The molecule has 1 aromatic heterocycles. The molecule has 6 heteroatoms. The van der Waals surface area contributed by atoms with Gasteiger partial charge >= 0.3 is 6.03 Å². The minimum atomic E-state index is -0.531. The molecule has 0 aliphatic carbocycles. The number of rotatable bonds is 5. The minimum absolute atomic E-state index is 0.0153. The molecule has 0 fully saturated rings. The zero-order chi connectivity index (χ0) is 21.8. The van der Waals surface area contributed by atoms with E-state index in [1.54, 1.807) is 24.3 Å². The SMILES string of the molecule is Cc1ccc2occ(CN(Cc3ccccc3)C(=O)Nc3ccccc3F)c(=O)c2c1. The normalized spacial score (nSPS) is 10.8. The number of hydrogen-bond acceptors (Lipinski definition) is 3. The predicted octanol–water partition coefficient (Wildman–Crippen LogP) is 5.47. The van der Waals surface area contributed by atoms with Crippen molar-refractivity contribution >= 4 is 22.7 Å². The van der Waals surface area contributed by atoms with Crippen LogP contribution in [0.1, 0.15) is 16.7 Å². The largest absolute Gasteiger partial charge is 0.464 e. The van der Waals surface area contributed by atoms with Crippen LogP contribution >= 0.6 is 0 Å². The van der Waals surface area contributed by atoms with E-state index in [0.717, 1.165) is 11.1 Å². The average molecular weight is 416 g/mol. The molecule has 5 nitrogen and oxygen atoms in total. The fourth-order valence-electron chi connectivity index (χ4n) is 3.36. The molecule has 0 unspecified atom stereocenters. The molecule has 31 heavy (non-hydrogen) atoms. The van der Waals surface area contributed by atoms with Gasteiger partial charge in [-0.1, -0.05) is 54.1 Å². The van der Waals surface area contributed by atoms with Gasteiger partial charge in [-0.2, -0.15) is 0 Å². The van der Waals surface area contributed by atoms with Crippen molar-refractivity contribution in [2.45, 2.75) is 20.0 Å². The Labute approximate surface area is 178 Å². The van der Waals surface area contributed by atoms with Crippen molar-refractivity contribution in [3.8, 4) is 0 Å². The second-order valence-corrected chi connectivity index (χ2v) is 7.34. The Morgan fingerprint density at radius 2 is 1.74 bits per heavy atom. The van der Waals surface area contributed by atoms with Crippen molar-refractivity contribution < 1.29 is 13.6 Å². The highest BCUT2D eigenvalue weighted by atomic mass is 19.1. The Balaban J connectivity index is 1.66. The number of carbonyl (C=O) groups excluding carboxylic acids is 1. The maximum Gasteiger partial charge on any atom is 0.322 e. The lowest BCUT2D eigenvalue weighted by Gasteiger charge is -2.23. The second kappa shape index (κ2) is 8.83. The van der Waals surface area contributed by atoms with E-state index in [9.17, 15) is 14.0 Å². The molecular formula is C25H21FN2O3. The highest BCUT2D eigenvalue weighted by molar-refractivity contribution is 5.89. The molecule has 0 radical (unpaired) electrons. The maximum atomic E-state index is 14.0. The van der Waals surface area contributed by atoms with Gasteiger partial charge in [0, 0.05) is 6.54 Å². The number of nitrogens with one attached hydrogen (secondary N) is 1. The van der Waals surface area contributed by atoms with Gasteiger partial charge in [-0.05, 0) is 36.8 Å². The van der Waals surface area contributed by atoms with E-state index >= 15 is 0 Å². The highest BCUT2D eigenvalue weighted by Crippen LogP contribution is 2.18. The summed E-state index contributed by atoms with van der Waals surface area (Å²) in [6, 6.07) is 20.2. The van der Waals surface area contributed by atoms with Gasteiger partial charge in [0.05, 0.1) is 29.4 Å². The number of carbonyl (C=O) groups is 1. The van der Waals surface area contributed by atoms with Crippen LogP contribution in [0, 0.1) is 12.7 Å². The fraction of sp³-hybridized carbons (Fsp3) is 0.120. The summed E-state index contributed by atoms with van der Waals surface area (Å²) in [6.07, 6.45) is 1.38. The number of aryl methyl sites for hydroxylation is 1. The quantitative estimate of drug-likeness (QED) is 0.469. The minimum Gasteiger partial charge on any atom is -0.464 e. The molecule has 0 aliphatic heterocycles. The summed E-state index contributed by atoms with van der Waals surface area (Å²) >= 11 is 0.